The van der Waals surface area contributed by atoms with Gasteiger partial charge in [0.2, 0.25) is 0 Å². The molecule has 0 unspecified atom stereocenters. The van der Waals surface area contributed by atoms with Gasteiger partial charge in [-0.3, -0.25) is 9.36 Å². The second kappa shape index (κ2) is 15.8. The number of carbonyl (C=O) groups excluding carboxylic acids is 1. The van der Waals surface area contributed by atoms with Crippen molar-refractivity contribution in [3.8, 4) is 23.0 Å². The Labute approximate surface area is 306 Å². The average molecular weight is 791 g/mol. The zero-order chi connectivity index (χ0) is 35.4. The number of methoxy groups -OCH3 is 1. The molecule has 1 aliphatic heterocycles. The lowest BCUT2D eigenvalue weighted by molar-refractivity contribution is -0.139. The molecule has 2 heterocycles. The zero-order valence-corrected chi connectivity index (χ0v) is 31.7. The summed E-state index contributed by atoms with van der Waals surface area (Å²) in [5, 5.41) is 0.899. The number of fused-ring (bicyclic) bond motifs is 1. The lowest BCUT2D eigenvalue weighted by Gasteiger charge is -2.25. The van der Waals surface area contributed by atoms with Crippen molar-refractivity contribution in [1.29, 1.82) is 0 Å². The van der Waals surface area contributed by atoms with Gasteiger partial charge in [-0.25, -0.2) is 9.79 Å². The van der Waals surface area contributed by atoms with Gasteiger partial charge in [0, 0.05) is 0 Å². The maximum absolute atomic E-state index is 14.2. The molecule has 258 valence electrons. The molecule has 13 heteroatoms. The van der Waals surface area contributed by atoms with Crippen LogP contribution in [0.25, 0.3) is 6.08 Å². The number of thiazole rings is 1. The first-order valence-electron chi connectivity index (χ1n) is 15.5. The highest BCUT2D eigenvalue weighted by atomic mass is 79.9. The predicted octanol–water partition coefficient (Wildman–Crippen LogP) is 7.64. The highest BCUT2D eigenvalue weighted by molar-refractivity contribution is 9.10. The maximum Gasteiger partial charge on any atom is 0.338 e. The van der Waals surface area contributed by atoms with Gasteiger partial charge in [-0.05, 0) is 110 Å². The SMILES string of the molecule is CCOC(=O)C1=C(C)N=c2s/c(=C/c3cc(Br)c(OCc4ccc(Cl)c(Cl)c4)c(OCC)c3)c(=O)n2[C@@H]1c1ccc(OC(C)C)c(OC)c1. The summed E-state index contributed by atoms with van der Waals surface area (Å²) in [5.74, 6) is 1.46. The fraction of sp³-hybridized carbons (Fsp3) is 0.306. The molecule has 0 bridgehead atoms. The van der Waals surface area contributed by atoms with Crippen LogP contribution in [0.4, 0.5) is 0 Å². The number of esters is 1. The molecule has 0 N–H and O–H groups in total. The Bertz CT molecular complexity index is 2110. The topological polar surface area (TPSA) is 97.6 Å². The van der Waals surface area contributed by atoms with Gasteiger partial charge < -0.3 is 23.7 Å². The third-order valence-corrected chi connectivity index (χ3v) is 9.69. The number of nitrogens with zero attached hydrogens (tertiary/aromatic N) is 2. The van der Waals surface area contributed by atoms with Gasteiger partial charge in [0.05, 0.1) is 62.8 Å². The highest BCUT2D eigenvalue weighted by Gasteiger charge is 2.34. The van der Waals surface area contributed by atoms with Gasteiger partial charge in [0.1, 0.15) is 6.61 Å². The monoisotopic (exact) mass is 788 g/mol. The number of hydrogen-bond donors (Lipinski definition) is 0. The molecule has 1 atom stereocenters. The first-order chi connectivity index (χ1) is 23.4. The van der Waals surface area contributed by atoms with E-state index in [1.807, 2.05) is 45.0 Å². The summed E-state index contributed by atoms with van der Waals surface area (Å²) >= 11 is 17.1. The van der Waals surface area contributed by atoms with Crippen LogP contribution in [-0.4, -0.2) is 37.0 Å². The largest absolute Gasteiger partial charge is 0.493 e. The Balaban J connectivity index is 1.60. The predicted molar refractivity (Wildman–Crippen MR) is 195 cm³/mol. The van der Waals surface area contributed by atoms with Crippen LogP contribution in [-0.2, 0) is 16.1 Å². The van der Waals surface area contributed by atoms with E-state index in [-0.39, 0.29) is 30.5 Å². The molecule has 49 heavy (non-hydrogen) atoms. The number of benzene rings is 3. The summed E-state index contributed by atoms with van der Waals surface area (Å²) in [6, 6.07) is 13.5. The fourth-order valence-corrected chi connectivity index (χ4v) is 7.26. The van der Waals surface area contributed by atoms with Crippen LogP contribution in [0.3, 0.4) is 0 Å². The summed E-state index contributed by atoms with van der Waals surface area (Å²) in [5.41, 5.74) is 2.58. The van der Waals surface area contributed by atoms with E-state index in [9.17, 15) is 9.59 Å². The number of halogens is 3. The Kier molecular flexibility index (Phi) is 11.8. The molecule has 0 saturated heterocycles. The van der Waals surface area contributed by atoms with Crippen LogP contribution in [0.5, 0.6) is 23.0 Å². The van der Waals surface area contributed by atoms with Crippen LogP contribution in [0.15, 0.2) is 74.1 Å². The van der Waals surface area contributed by atoms with Crippen molar-refractivity contribution < 1.29 is 28.5 Å². The minimum atomic E-state index is -0.817. The van der Waals surface area contributed by atoms with Crippen LogP contribution < -0.4 is 33.8 Å². The maximum atomic E-state index is 14.2. The first kappa shape index (κ1) is 36.5. The van der Waals surface area contributed by atoms with Crippen molar-refractivity contribution in [3.63, 3.8) is 0 Å². The molecule has 0 spiro atoms. The molecular weight excluding hydrogens is 755 g/mol. The van der Waals surface area contributed by atoms with Gasteiger partial charge in [0.15, 0.2) is 27.8 Å². The smallest absolute Gasteiger partial charge is 0.338 e. The molecule has 0 radical (unpaired) electrons. The molecule has 5 rings (SSSR count). The standard InChI is InChI=1S/C36H35BrCl2N2O7S/c1-7-45-29-15-22(13-24(37)33(29)47-18-21-9-11-25(38)26(39)14-21)16-30-34(42)41-32(23-10-12-27(48-19(3)4)28(17-23)44-6)31(35(43)46-8-2)20(5)40-36(41)49-30/h9-17,19,32H,7-8,18H2,1-6H3/b30-16+/t32-/m1/s1. The lowest BCUT2D eigenvalue weighted by Crippen LogP contribution is -2.40. The lowest BCUT2D eigenvalue weighted by atomic mass is 9.95. The number of rotatable bonds is 12. The van der Waals surface area contributed by atoms with Crippen LogP contribution in [0, 0.1) is 0 Å². The Hall–Kier alpha value is -3.77. The van der Waals surface area contributed by atoms with Crippen molar-refractivity contribution >= 4 is 62.5 Å². The molecule has 0 saturated carbocycles. The Morgan fingerprint density at radius 1 is 1.02 bits per heavy atom. The fourth-order valence-electron chi connectivity index (χ4n) is 5.32. The summed E-state index contributed by atoms with van der Waals surface area (Å²) in [7, 11) is 1.55. The van der Waals surface area contributed by atoms with Crippen LogP contribution in [0.1, 0.15) is 57.4 Å². The molecule has 1 aliphatic rings. The quantitative estimate of drug-likeness (QED) is 0.136. The Morgan fingerprint density at radius 2 is 1.80 bits per heavy atom. The number of hydrogen-bond acceptors (Lipinski definition) is 9. The third kappa shape index (κ3) is 8.01. The van der Waals surface area contributed by atoms with E-state index in [0.717, 1.165) is 5.56 Å². The van der Waals surface area contributed by atoms with Gasteiger partial charge in [-0.15, -0.1) is 0 Å². The zero-order valence-electron chi connectivity index (χ0n) is 27.8. The van der Waals surface area contributed by atoms with Crippen molar-refractivity contribution in [2.45, 2.75) is 53.4 Å². The van der Waals surface area contributed by atoms with Gasteiger partial charge in [-0.1, -0.05) is 46.7 Å². The van der Waals surface area contributed by atoms with E-state index in [1.54, 1.807) is 51.3 Å². The molecule has 0 aliphatic carbocycles. The molecular formula is C36H35BrCl2N2O7S. The number of aromatic nitrogens is 1. The average Bonchev–Trinajstić information content (AvgIpc) is 3.35. The second-order valence-electron chi connectivity index (χ2n) is 11.2. The van der Waals surface area contributed by atoms with E-state index in [4.69, 9.17) is 46.9 Å². The highest BCUT2D eigenvalue weighted by Crippen LogP contribution is 2.39. The number of ether oxygens (including phenoxy) is 5. The van der Waals surface area contributed by atoms with E-state index in [0.29, 0.717) is 70.3 Å². The third-order valence-electron chi connectivity index (χ3n) is 7.38. The molecule has 0 amide bonds. The minimum Gasteiger partial charge on any atom is -0.493 e. The molecule has 0 fully saturated rings. The van der Waals surface area contributed by atoms with E-state index >= 15 is 0 Å². The molecule has 9 nitrogen and oxygen atoms in total. The van der Waals surface area contributed by atoms with Crippen molar-refractivity contribution in [2.75, 3.05) is 20.3 Å². The van der Waals surface area contributed by atoms with Gasteiger partial charge in [0.25, 0.3) is 5.56 Å². The van der Waals surface area contributed by atoms with Gasteiger partial charge in [-0.2, -0.15) is 0 Å². The normalized spacial score (nSPS) is 14.4. The van der Waals surface area contributed by atoms with Gasteiger partial charge >= 0.3 is 5.97 Å². The number of carbonyl (C=O) groups is 1. The minimum absolute atomic E-state index is 0.0823. The summed E-state index contributed by atoms with van der Waals surface area (Å²) in [6.45, 7) is 9.98. The van der Waals surface area contributed by atoms with Crippen molar-refractivity contribution in [2.24, 2.45) is 4.99 Å². The van der Waals surface area contributed by atoms with E-state index in [2.05, 4.69) is 20.9 Å². The second-order valence-corrected chi connectivity index (χ2v) is 13.9. The summed E-state index contributed by atoms with van der Waals surface area (Å²) < 4.78 is 31.7. The summed E-state index contributed by atoms with van der Waals surface area (Å²) in [4.78, 5) is 32.7. The van der Waals surface area contributed by atoms with Crippen molar-refractivity contribution in [1.82, 2.24) is 4.57 Å². The van der Waals surface area contributed by atoms with Crippen LogP contribution >= 0.6 is 50.5 Å². The van der Waals surface area contributed by atoms with E-state index in [1.165, 1.54) is 15.9 Å². The molecule has 3 aromatic carbocycles. The van der Waals surface area contributed by atoms with Crippen molar-refractivity contribution in [3.05, 3.63) is 111 Å². The first-order valence-corrected chi connectivity index (χ1v) is 17.9. The van der Waals surface area contributed by atoms with Crippen LogP contribution in [0.2, 0.25) is 10.0 Å². The molecule has 1 aromatic heterocycles. The molecule has 4 aromatic rings. The summed E-state index contributed by atoms with van der Waals surface area (Å²) in [6.07, 6.45) is 1.68. The number of allylic oxidation sites excluding steroid dienone is 1. The van der Waals surface area contributed by atoms with E-state index < -0.39 is 12.0 Å². The Morgan fingerprint density at radius 3 is 2.47 bits per heavy atom.